The van der Waals surface area contributed by atoms with E-state index >= 15 is 0 Å². The molecule has 0 amide bonds. The molecule has 102 valence electrons. The number of hydrogen-bond donors (Lipinski definition) is 4. The maximum Gasteiger partial charge on any atom is 0.0360 e. The first-order valence-corrected chi connectivity index (χ1v) is 7.39. The van der Waals surface area contributed by atoms with Gasteiger partial charge >= 0.3 is 0 Å². The Morgan fingerprint density at radius 1 is 0.944 bits per heavy atom. The minimum Gasteiger partial charge on any atom is -0.385 e. The van der Waals surface area contributed by atoms with Crippen LogP contribution < -0.4 is 16.4 Å². The molecule has 0 aliphatic carbocycles. The first-order chi connectivity index (χ1) is 8.86. The molecule has 0 heterocycles. The topological polar surface area (TPSA) is 50.1 Å². The van der Waals surface area contributed by atoms with Gasteiger partial charge < -0.3 is 16.4 Å². The van der Waals surface area contributed by atoms with Crippen molar-refractivity contribution in [3.8, 4) is 0 Å². The lowest BCUT2D eigenvalue weighted by molar-refractivity contribution is 0.707. The first-order valence-electron chi connectivity index (χ1n) is 6.75. The van der Waals surface area contributed by atoms with Crippen molar-refractivity contribution < 1.29 is 0 Å². The second-order valence-corrected chi connectivity index (χ2v) is 4.81. The highest BCUT2D eigenvalue weighted by Gasteiger charge is 1.95. The smallest absolute Gasteiger partial charge is 0.0360 e. The fraction of sp³-hybridized carbons (Fsp3) is 0.571. The number of unbranched alkanes of at least 4 members (excludes halogenated alkanes) is 2. The van der Waals surface area contributed by atoms with Gasteiger partial charge in [0, 0.05) is 24.5 Å². The van der Waals surface area contributed by atoms with Crippen molar-refractivity contribution in [2.75, 3.05) is 36.0 Å². The summed E-state index contributed by atoms with van der Waals surface area (Å²) < 4.78 is 0. The lowest BCUT2D eigenvalue weighted by Gasteiger charge is -2.09. The molecule has 0 unspecified atom stereocenters. The SMILES string of the molecule is NCCCCCNc1cccc(NCCCS)c1. The molecule has 0 radical (unpaired) electrons. The zero-order chi connectivity index (χ0) is 13.1. The van der Waals surface area contributed by atoms with Crippen LogP contribution in [0.1, 0.15) is 25.7 Å². The number of nitrogens with two attached hydrogens (primary N) is 1. The van der Waals surface area contributed by atoms with Gasteiger partial charge in [-0.05, 0) is 49.8 Å². The van der Waals surface area contributed by atoms with Crippen molar-refractivity contribution in [1.82, 2.24) is 0 Å². The standard InChI is InChI=1S/C14H25N3S/c15-8-2-1-3-9-16-13-6-4-7-14(12-13)17-10-5-11-18/h4,6-7,12,16-18H,1-3,5,8-11,15H2. The molecule has 1 aromatic rings. The molecule has 1 aromatic carbocycles. The summed E-state index contributed by atoms with van der Waals surface area (Å²) in [5.74, 6) is 0.923. The summed E-state index contributed by atoms with van der Waals surface area (Å²) in [5, 5.41) is 6.83. The Bertz CT molecular complexity index is 318. The molecule has 18 heavy (non-hydrogen) atoms. The number of rotatable bonds is 10. The average Bonchev–Trinajstić information content (AvgIpc) is 2.39. The molecule has 0 fully saturated rings. The maximum atomic E-state index is 5.47. The summed E-state index contributed by atoms with van der Waals surface area (Å²) in [5.41, 5.74) is 7.81. The molecule has 0 aliphatic rings. The molecular formula is C14H25N3S. The lowest BCUT2D eigenvalue weighted by Crippen LogP contribution is -2.05. The zero-order valence-corrected chi connectivity index (χ0v) is 11.9. The van der Waals surface area contributed by atoms with Crippen LogP contribution in [-0.2, 0) is 0 Å². The van der Waals surface area contributed by atoms with Gasteiger partial charge in [0.2, 0.25) is 0 Å². The van der Waals surface area contributed by atoms with Crippen LogP contribution >= 0.6 is 12.6 Å². The van der Waals surface area contributed by atoms with Crippen molar-refractivity contribution >= 4 is 24.0 Å². The Morgan fingerprint density at radius 3 is 2.22 bits per heavy atom. The molecule has 3 nitrogen and oxygen atoms in total. The number of thiol groups is 1. The highest BCUT2D eigenvalue weighted by Crippen LogP contribution is 2.15. The molecule has 0 aromatic heterocycles. The van der Waals surface area contributed by atoms with E-state index in [0.717, 1.165) is 38.2 Å². The summed E-state index contributed by atoms with van der Waals surface area (Å²) in [6.45, 7) is 2.79. The third-order valence-electron chi connectivity index (χ3n) is 2.74. The first kappa shape index (κ1) is 15.2. The van der Waals surface area contributed by atoms with Crippen LogP contribution in [0.5, 0.6) is 0 Å². The second-order valence-electron chi connectivity index (χ2n) is 4.36. The second kappa shape index (κ2) is 10.1. The van der Waals surface area contributed by atoms with Crippen molar-refractivity contribution in [3.05, 3.63) is 24.3 Å². The van der Waals surface area contributed by atoms with E-state index in [2.05, 4.69) is 47.5 Å². The fourth-order valence-corrected chi connectivity index (χ4v) is 1.89. The monoisotopic (exact) mass is 267 g/mol. The Balaban J connectivity index is 2.26. The van der Waals surface area contributed by atoms with E-state index in [9.17, 15) is 0 Å². The van der Waals surface area contributed by atoms with Crippen LogP contribution in [0.4, 0.5) is 11.4 Å². The van der Waals surface area contributed by atoms with Crippen LogP contribution in [0.15, 0.2) is 24.3 Å². The third kappa shape index (κ3) is 6.77. The molecule has 4 N–H and O–H groups in total. The number of anilines is 2. The summed E-state index contributed by atoms with van der Waals surface area (Å²) in [6, 6.07) is 8.43. The molecule has 4 heteroatoms. The maximum absolute atomic E-state index is 5.47. The van der Waals surface area contributed by atoms with Crippen LogP contribution in [0, 0.1) is 0 Å². The van der Waals surface area contributed by atoms with Gasteiger partial charge in [0.15, 0.2) is 0 Å². The van der Waals surface area contributed by atoms with E-state index in [1.165, 1.54) is 24.2 Å². The average molecular weight is 267 g/mol. The minimum absolute atomic E-state index is 0.796. The third-order valence-corrected chi connectivity index (χ3v) is 3.05. The van der Waals surface area contributed by atoms with Crippen LogP contribution in [0.25, 0.3) is 0 Å². The van der Waals surface area contributed by atoms with E-state index in [0.29, 0.717) is 0 Å². The lowest BCUT2D eigenvalue weighted by atomic mass is 10.2. The van der Waals surface area contributed by atoms with Crippen molar-refractivity contribution in [2.45, 2.75) is 25.7 Å². The quantitative estimate of drug-likeness (QED) is 0.389. The highest BCUT2D eigenvalue weighted by molar-refractivity contribution is 7.80. The van der Waals surface area contributed by atoms with E-state index in [1.807, 2.05) is 0 Å². The van der Waals surface area contributed by atoms with Gasteiger partial charge in [-0.2, -0.15) is 12.6 Å². The summed E-state index contributed by atoms with van der Waals surface area (Å²) in [7, 11) is 0. The summed E-state index contributed by atoms with van der Waals surface area (Å²) >= 11 is 4.20. The highest BCUT2D eigenvalue weighted by atomic mass is 32.1. The fourth-order valence-electron chi connectivity index (χ4n) is 1.73. The Kier molecular flexibility index (Phi) is 8.51. The van der Waals surface area contributed by atoms with Crippen molar-refractivity contribution in [3.63, 3.8) is 0 Å². The van der Waals surface area contributed by atoms with Gasteiger partial charge in [-0.15, -0.1) is 0 Å². The van der Waals surface area contributed by atoms with Gasteiger partial charge in [0.25, 0.3) is 0 Å². The predicted molar refractivity (Wildman–Crippen MR) is 84.8 cm³/mol. The largest absolute Gasteiger partial charge is 0.385 e. The Hall–Kier alpha value is -0.870. The van der Waals surface area contributed by atoms with Gasteiger partial charge in [0.1, 0.15) is 0 Å². The minimum atomic E-state index is 0.796. The van der Waals surface area contributed by atoms with Gasteiger partial charge in [-0.25, -0.2) is 0 Å². The molecule has 0 aliphatic heterocycles. The molecule has 0 saturated carbocycles. The van der Waals surface area contributed by atoms with Crippen molar-refractivity contribution in [1.29, 1.82) is 0 Å². The van der Waals surface area contributed by atoms with E-state index in [1.54, 1.807) is 0 Å². The van der Waals surface area contributed by atoms with E-state index in [-0.39, 0.29) is 0 Å². The Morgan fingerprint density at radius 2 is 1.61 bits per heavy atom. The molecule has 0 saturated heterocycles. The summed E-state index contributed by atoms with van der Waals surface area (Å²) in [4.78, 5) is 0. The van der Waals surface area contributed by atoms with E-state index < -0.39 is 0 Å². The van der Waals surface area contributed by atoms with Gasteiger partial charge in [-0.3, -0.25) is 0 Å². The summed E-state index contributed by atoms with van der Waals surface area (Å²) in [6.07, 6.45) is 4.57. The normalized spacial score (nSPS) is 10.3. The predicted octanol–water partition coefficient (Wildman–Crippen LogP) is 2.96. The van der Waals surface area contributed by atoms with Gasteiger partial charge in [0.05, 0.1) is 0 Å². The Labute approximate surface area is 116 Å². The molecule has 0 atom stereocenters. The molecule has 0 bridgehead atoms. The number of hydrogen-bond acceptors (Lipinski definition) is 4. The van der Waals surface area contributed by atoms with Gasteiger partial charge in [-0.1, -0.05) is 12.5 Å². The number of nitrogens with one attached hydrogen (secondary N) is 2. The van der Waals surface area contributed by atoms with Crippen molar-refractivity contribution in [2.24, 2.45) is 5.73 Å². The van der Waals surface area contributed by atoms with Crippen LogP contribution in [0.3, 0.4) is 0 Å². The van der Waals surface area contributed by atoms with E-state index in [4.69, 9.17) is 5.73 Å². The zero-order valence-electron chi connectivity index (χ0n) is 11.0. The molecule has 1 rings (SSSR count). The molecular weight excluding hydrogens is 242 g/mol. The van der Waals surface area contributed by atoms with Crippen LogP contribution in [-0.4, -0.2) is 25.4 Å². The number of benzene rings is 1. The molecule has 0 spiro atoms. The van der Waals surface area contributed by atoms with Crippen LogP contribution in [0.2, 0.25) is 0 Å².